The fraction of sp³-hybridized carbons (Fsp3) is 0.588. The fourth-order valence-corrected chi connectivity index (χ4v) is 2.38. The van der Waals surface area contributed by atoms with Crippen molar-refractivity contribution in [2.45, 2.75) is 46.6 Å². The van der Waals surface area contributed by atoms with Crippen molar-refractivity contribution < 1.29 is 9.90 Å². The van der Waals surface area contributed by atoms with Gasteiger partial charge in [0.1, 0.15) is 5.75 Å². The second-order valence-electron chi connectivity index (χ2n) is 5.51. The molecule has 118 valence electrons. The Kier molecular flexibility index (Phi) is 7.23. The van der Waals surface area contributed by atoms with E-state index in [1.54, 1.807) is 25.1 Å². The molecule has 2 N–H and O–H groups in total. The van der Waals surface area contributed by atoms with Crippen molar-refractivity contribution in [1.82, 2.24) is 10.2 Å². The van der Waals surface area contributed by atoms with Crippen LogP contribution in [-0.2, 0) is 0 Å². The number of aromatic hydroxyl groups is 1. The van der Waals surface area contributed by atoms with E-state index in [0.29, 0.717) is 5.56 Å². The number of phenolic OH excluding ortho intramolecular Hbond substituents is 1. The average molecular weight is 292 g/mol. The van der Waals surface area contributed by atoms with Crippen LogP contribution in [0, 0.1) is 6.92 Å². The minimum Gasteiger partial charge on any atom is -0.507 e. The first kappa shape index (κ1) is 17.5. The molecule has 0 radical (unpaired) electrons. The molecule has 0 aliphatic heterocycles. The molecule has 0 aliphatic rings. The van der Waals surface area contributed by atoms with E-state index in [1.165, 1.54) is 0 Å². The lowest BCUT2D eigenvalue weighted by Gasteiger charge is -2.20. The molecule has 1 aromatic rings. The van der Waals surface area contributed by atoms with E-state index >= 15 is 0 Å². The van der Waals surface area contributed by atoms with Gasteiger partial charge in [-0.2, -0.15) is 0 Å². The summed E-state index contributed by atoms with van der Waals surface area (Å²) in [4.78, 5) is 14.5. The highest BCUT2D eigenvalue weighted by Crippen LogP contribution is 2.21. The van der Waals surface area contributed by atoms with Crippen LogP contribution in [0.15, 0.2) is 18.2 Å². The highest BCUT2D eigenvalue weighted by atomic mass is 16.3. The van der Waals surface area contributed by atoms with Crippen LogP contribution in [0.2, 0.25) is 0 Å². The van der Waals surface area contributed by atoms with Crippen LogP contribution < -0.4 is 5.32 Å². The highest BCUT2D eigenvalue weighted by Gasteiger charge is 2.14. The number of hydrogen-bond donors (Lipinski definition) is 2. The largest absolute Gasteiger partial charge is 0.507 e. The fourth-order valence-electron chi connectivity index (χ4n) is 2.38. The number of amides is 1. The number of carbonyl (C=O) groups excluding carboxylic acids is 1. The molecule has 0 saturated carbocycles. The van der Waals surface area contributed by atoms with Crippen LogP contribution in [0.4, 0.5) is 0 Å². The van der Waals surface area contributed by atoms with Crippen LogP contribution in [0.25, 0.3) is 0 Å². The number of para-hydroxylation sites is 1. The summed E-state index contributed by atoms with van der Waals surface area (Å²) in [6.45, 7) is 11.3. The predicted octanol–water partition coefficient (Wildman–Crippen LogP) is 2.94. The maximum Gasteiger partial charge on any atom is 0.255 e. The SMILES string of the molecule is CCN(CC)CCCC(C)NC(=O)c1cccc(C)c1O. The van der Waals surface area contributed by atoms with E-state index in [2.05, 4.69) is 24.1 Å². The molecule has 0 bridgehead atoms. The third-order valence-corrected chi connectivity index (χ3v) is 3.87. The van der Waals surface area contributed by atoms with E-state index in [9.17, 15) is 9.90 Å². The number of carbonyl (C=O) groups is 1. The van der Waals surface area contributed by atoms with Crippen LogP contribution in [0.5, 0.6) is 5.75 Å². The van der Waals surface area contributed by atoms with Crippen molar-refractivity contribution in [1.29, 1.82) is 0 Å². The minimum absolute atomic E-state index is 0.0744. The third kappa shape index (κ3) is 5.38. The van der Waals surface area contributed by atoms with Crippen LogP contribution in [0.1, 0.15) is 49.5 Å². The number of rotatable bonds is 8. The van der Waals surface area contributed by atoms with Gasteiger partial charge < -0.3 is 15.3 Å². The zero-order chi connectivity index (χ0) is 15.8. The van der Waals surface area contributed by atoms with Gasteiger partial charge in [0.25, 0.3) is 5.91 Å². The average Bonchev–Trinajstić information content (AvgIpc) is 2.46. The maximum atomic E-state index is 12.2. The third-order valence-electron chi connectivity index (χ3n) is 3.87. The molecule has 0 fully saturated rings. The molecule has 4 heteroatoms. The van der Waals surface area contributed by atoms with Gasteiger partial charge >= 0.3 is 0 Å². The molecule has 1 atom stereocenters. The Morgan fingerprint density at radius 3 is 2.62 bits per heavy atom. The monoisotopic (exact) mass is 292 g/mol. The van der Waals surface area contributed by atoms with E-state index in [-0.39, 0.29) is 17.7 Å². The second-order valence-corrected chi connectivity index (χ2v) is 5.51. The lowest BCUT2D eigenvalue weighted by atomic mass is 10.1. The molecular weight excluding hydrogens is 264 g/mol. The lowest BCUT2D eigenvalue weighted by molar-refractivity contribution is 0.0934. The smallest absolute Gasteiger partial charge is 0.255 e. The molecular formula is C17H28N2O2. The first-order valence-corrected chi connectivity index (χ1v) is 7.81. The molecule has 0 heterocycles. The van der Waals surface area contributed by atoms with Crippen molar-refractivity contribution in [2.24, 2.45) is 0 Å². The number of nitrogens with zero attached hydrogens (tertiary/aromatic N) is 1. The summed E-state index contributed by atoms with van der Waals surface area (Å²) in [5.74, 6) is -0.128. The zero-order valence-electron chi connectivity index (χ0n) is 13.6. The van der Waals surface area contributed by atoms with Crippen molar-refractivity contribution in [3.63, 3.8) is 0 Å². The van der Waals surface area contributed by atoms with Crippen molar-refractivity contribution in [2.75, 3.05) is 19.6 Å². The number of phenols is 1. The summed E-state index contributed by atoms with van der Waals surface area (Å²) >= 11 is 0. The Labute approximate surface area is 128 Å². The van der Waals surface area contributed by atoms with E-state index in [4.69, 9.17) is 0 Å². The topological polar surface area (TPSA) is 52.6 Å². The first-order valence-electron chi connectivity index (χ1n) is 7.81. The van der Waals surface area contributed by atoms with E-state index in [0.717, 1.165) is 38.0 Å². The molecule has 1 aromatic carbocycles. The second kappa shape index (κ2) is 8.67. The standard InChI is InChI=1S/C17H28N2O2/c1-5-19(6-2)12-8-10-14(4)18-17(21)15-11-7-9-13(3)16(15)20/h7,9,11,14,20H,5-6,8,10,12H2,1-4H3,(H,18,21). The number of hydrogen-bond acceptors (Lipinski definition) is 3. The minimum atomic E-state index is -0.202. The summed E-state index contributed by atoms with van der Waals surface area (Å²) in [6.07, 6.45) is 2.00. The quantitative estimate of drug-likeness (QED) is 0.774. The molecule has 1 amide bonds. The highest BCUT2D eigenvalue weighted by molar-refractivity contribution is 5.97. The van der Waals surface area contributed by atoms with Gasteiger partial charge in [0.2, 0.25) is 0 Å². The molecule has 4 nitrogen and oxygen atoms in total. The molecule has 1 unspecified atom stereocenters. The van der Waals surface area contributed by atoms with E-state index in [1.807, 2.05) is 6.92 Å². The Balaban J connectivity index is 2.45. The Bertz CT molecular complexity index is 456. The van der Waals surface area contributed by atoms with Gasteiger partial charge in [-0.1, -0.05) is 26.0 Å². The number of benzene rings is 1. The van der Waals surface area contributed by atoms with Gasteiger partial charge in [0, 0.05) is 6.04 Å². The normalized spacial score (nSPS) is 12.4. The maximum absolute atomic E-state index is 12.2. The summed E-state index contributed by atoms with van der Waals surface area (Å²) in [7, 11) is 0. The predicted molar refractivity (Wildman–Crippen MR) is 86.8 cm³/mol. The Morgan fingerprint density at radius 1 is 1.33 bits per heavy atom. The summed E-state index contributed by atoms with van der Waals surface area (Å²) < 4.78 is 0. The van der Waals surface area contributed by atoms with Gasteiger partial charge in [0.05, 0.1) is 5.56 Å². The summed E-state index contributed by atoms with van der Waals surface area (Å²) in [6, 6.07) is 5.34. The van der Waals surface area contributed by atoms with Gasteiger partial charge in [-0.15, -0.1) is 0 Å². The molecule has 0 saturated heterocycles. The summed E-state index contributed by atoms with van der Waals surface area (Å²) in [5, 5.41) is 12.9. The molecule has 0 spiro atoms. The first-order chi connectivity index (χ1) is 9.99. The van der Waals surface area contributed by atoms with Gasteiger partial charge in [0.15, 0.2) is 0 Å². The molecule has 21 heavy (non-hydrogen) atoms. The van der Waals surface area contributed by atoms with Crippen LogP contribution >= 0.6 is 0 Å². The van der Waals surface area contributed by atoms with Crippen molar-refractivity contribution in [3.05, 3.63) is 29.3 Å². The lowest BCUT2D eigenvalue weighted by Crippen LogP contribution is -2.33. The van der Waals surface area contributed by atoms with Crippen molar-refractivity contribution >= 4 is 5.91 Å². The van der Waals surface area contributed by atoms with Crippen LogP contribution in [0.3, 0.4) is 0 Å². The number of nitrogens with one attached hydrogen (secondary N) is 1. The van der Waals surface area contributed by atoms with Gasteiger partial charge in [-0.25, -0.2) is 0 Å². The van der Waals surface area contributed by atoms with Crippen LogP contribution in [-0.4, -0.2) is 41.6 Å². The molecule has 0 aromatic heterocycles. The molecule has 1 rings (SSSR count). The zero-order valence-corrected chi connectivity index (χ0v) is 13.6. The van der Waals surface area contributed by atoms with Gasteiger partial charge in [-0.05, 0) is 58.0 Å². The number of aryl methyl sites for hydroxylation is 1. The summed E-state index contributed by atoms with van der Waals surface area (Å²) in [5.41, 5.74) is 1.07. The van der Waals surface area contributed by atoms with Gasteiger partial charge in [-0.3, -0.25) is 4.79 Å². The van der Waals surface area contributed by atoms with Crippen molar-refractivity contribution in [3.8, 4) is 5.75 Å². The Morgan fingerprint density at radius 2 is 2.00 bits per heavy atom. The van der Waals surface area contributed by atoms with E-state index < -0.39 is 0 Å². The molecule has 0 aliphatic carbocycles. The Hall–Kier alpha value is -1.55.